The topological polar surface area (TPSA) is 113 Å². The smallest absolute Gasteiger partial charge is 0.416 e. The molecule has 0 aromatic heterocycles. The first-order valence-corrected chi connectivity index (χ1v) is 11.2. The van der Waals surface area contributed by atoms with E-state index >= 15 is 0 Å². The third kappa shape index (κ3) is 6.10. The van der Waals surface area contributed by atoms with E-state index in [2.05, 4.69) is 11.9 Å². The summed E-state index contributed by atoms with van der Waals surface area (Å²) in [5, 5.41) is 11.2. The van der Waals surface area contributed by atoms with E-state index in [1.165, 1.54) is 0 Å². The molecule has 0 heterocycles. The average molecular weight is 465 g/mol. The van der Waals surface area contributed by atoms with Crippen molar-refractivity contribution in [3.05, 3.63) is 72.3 Å². The third-order valence-corrected chi connectivity index (χ3v) is 5.64. The van der Waals surface area contributed by atoms with Gasteiger partial charge in [0.25, 0.3) is 0 Å². The highest BCUT2D eigenvalue weighted by Gasteiger charge is 2.30. The Bertz CT molecular complexity index is 1030. The van der Waals surface area contributed by atoms with Crippen molar-refractivity contribution < 1.29 is 29.0 Å². The number of carboxylic acid groups (broad SMARTS) is 1. The van der Waals surface area contributed by atoms with Crippen LogP contribution >= 0.6 is 0 Å². The summed E-state index contributed by atoms with van der Waals surface area (Å²) in [7, 11) is 0. The Hall–Kier alpha value is -3.94. The maximum absolute atomic E-state index is 12.9. The van der Waals surface area contributed by atoms with Gasteiger partial charge in [0.2, 0.25) is 11.8 Å². The fourth-order valence-electron chi connectivity index (χ4n) is 3.97. The molecule has 0 radical (unpaired) electrons. The van der Waals surface area contributed by atoms with Gasteiger partial charge in [0.15, 0.2) is 0 Å². The van der Waals surface area contributed by atoms with Crippen molar-refractivity contribution >= 4 is 23.9 Å². The second-order valence-electron chi connectivity index (χ2n) is 7.92. The van der Waals surface area contributed by atoms with Gasteiger partial charge in [-0.05, 0) is 28.7 Å². The Morgan fingerprint density at radius 3 is 2.18 bits per heavy atom. The number of allylic oxidation sites excluding steroid dienone is 1. The summed E-state index contributed by atoms with van der Waals surface area (Å²) in [6.45, 7) is 3.59. The van der Waals surface area contributed by atoms with E-state index in [9.17, 15) is 19.2 Å². The molecule has 3 amide bonds. The zero-order valence-electron chi connectivity index (χ0n) is 18.9. The highest BCUT2D eigenvalue weighted by Crippen LogP contribution is 2.44. The standard InChI is InChI=1S/C26H28N2O6/c1-2-3-12-24(30)28(16-15-27-23(29)13-14-25(31)32)26(33)34-17-22-20-10-6-4-8-18(20)19-9-5-7-11-21(19)22/h2,4-11,22H,1,3,12-17H2,(H,27,29)(H,31,32). The second kappa shape index (κ2) is 11.8. The Kier molecular flexibility index (Phi) is 8.56. The van der Waals surface area contributed by atoms with Gasteiger partial charge in [-0.1, -0.05) is 54.6 Å². The van der Waals surface area contributed by atoms with Gasteiger partial charge < -0.3 is 15.2 Å². The van der Waals surface area contributed by atoms with Gasteiger partial charge >= 0.3 is 12.1 Å². The maximum Gasteiger partial charge on any atom is 0.416 e. The zero-order valence-corrected chi connectivity index (χ0v) is 18.9. The van der Waals surface area contributed by atoms with Crippen LogP contribution in [0, 0.1) is 0 Å². The number of rotatable bonds is 11. The molecule has 2 N–H and O–H groups in total. The average Bonchev–Trinajstić information content (AvgIpc) is 3.16. The first kappa shape index (κ1) is 24.7. The predicted molar refractivity (Wildman–Crippen MR) is 126 cm³/mol. The molecule has 0 saturated carbocycles. The SMILES string of the molecule is C=CCCC(=O)N(CCNC(=O)CCC(=O)O)C(=O)OCC1c2ccccc2-c2ccccc21. The van der Waals surface area contributed by atoms with Gasteiger partial charge in [-0.2, -0.15) is 0 Å². The molecule has 1 aliphatic rings. The number of carbonyl (C=O) groups is 4. The van der Waals surface area contributed by atoms with Gasteiger partial charge in [-0.3, -0.25) is 14.4 Å². The first-order chi connectivity index (χ1) is 16.4. The Morgan fingerprint density at radius 2 is 1.59 bits per heavy atom. The molecule has 1 aliphatic carbocycles. The van der Waals surface area contributed by atoms with Crippen LogP contribution < -0.4 is 5.32 Å². The number of ether oxygens (including phenoxy) is 1. The number of aliphatic carboxylic acids is 1. The Labute approximate surface area is 198 Å². The summed E-state index contributed by atoms with van der Waals surface area (Å²) in [5.41, 5.74) is 4.32. The first-order valence-electron chi connectivity index (χ1n) is 11.2. The van der Waals surface area contributed by atoms with Crippen LogP contribution in [0.4, 0.5) is 4.79 Å². The second-order valence-corrected chi connectivity index (χ2v) is 7.92. The minimum absolute atomic E-state index is 0.00246. The lowest BCUT2D eigenvalue weighted by atomic mass is 9.98. The number of amides is 3. The van der Waals surface area contributed by atoms with E-state index in [0.29, 0.717) is 6.42 Å². The van der Waals surface area contributed by atoms with Gasteiger partial charge in [0.05, 0.1) is 6.42 Å². The number of nitrogens with zero attached hydrogens (tertiary/aromatic N) is 1. The number of hydrogen-bond donors (Lipinski definition) is 2. The maximum atomic E-state index is 12.9. The highest BCUT2D eigenvalue weighted by molar-refractivity contribution is 5.92. The largest absolute Gasteiger partial charge is 0.481 e. The molecule has 8 nitrogen and oxygen atoms in total. The van der Waals surface area contributed by atoms with E-state index in [0.717, 1.165) is 27.2 Å². The summed E-state index contributed by atoms with van der Waals surface area (Å²) in [5.74, 6) is -2.11. The minimum Gasteiger partial charge on any atom is -0.481 e. The number of benzene rings is 2. The van der Waals surface area contributed by atoms with E-state index in [-0.39, 0.29) is 44.9 Å². The van der Waals surface area contributed by atoms with Crippen LogP contribution in [0.15, 0.2) is 61.2 Å². The zero-order chi connectivity index (χ0) is 24.5. The van der Waals surface area contributed by atoms with Crippen molar-refractivity contribution in [2.75, 3.05) is 19.7 Å². The monoisotopic (exact) mass is 464 g/mol. The van der Waals surface area contributed by atoms with Gasteiger partial charge in [0.1, 0.15) is 6.61 Å². The molecule has 2 aromatic carbocycles. The lowest BCUT2D eigenvalue weighted by Crippen LogP contribution is -2.43. The number of nitrogens with one attached hydrogen (secondary N) is 1. The lowest BCUT2D eigenvalue weighted by molar-refractivity contribution is -0.138. The van der Waals surface area contributed by atoms with Gasteiger partial charge in [-0.25, -0.2) is 9.69 Å². The van der Waals surface area contributed by atoms with Gasteiger partial charge in [0, 0.05) is 31.8 Å². The van der Waals surface area contributed by atoms with Crippen LogP contribution in [0.3, 0.4) is 0 Å². The molecule has 0 aliphatic heterocycles. The van der Waals surface area contributed by atoms with Crippen molar-refractivity contribution in [1.82, 2.24) is 10.2 Å². The van der Waals surface area contributed by atoms with Crippen molar-refractivity contribution in [3.63, 3.8) is 0 Å². The summed E-state index contributed by atoms with van der Waals surface area (Å²) in [4.78, 5) is 48.8. The quantitative estimate of drug-likeness (QED) is 0.490. The molecular formula is C26H28N2O6. The highest BCUT2D eigenvalue weighted by atomic mass is 16.6. The molecule has 0 atom stereocenters. The lowest BCUT2D eigenvalue weighted by Gasteiger charge is -2.22. The Balaban J connectivity index is 1.64. The summed E-state index contributed by atoms with van der Waals surface area (Å²) in [6.07, 6.45) is 0.819. The minimum atomic E-state index is -1.07. The normalized spacial score (nSPS) is 11.8. The van der Waals surface area contributed by atoms with Gasteiger partial charge in [-0.15, -0.1) is 6.58 Å². The molecule has 178 valence electrons. The molecule has 8 heteroatoms. The number of fused-ring (bicyclic) bond motifs is 3. The van der Waals surface area contributed by atoms with Crippen LogP contribution in [0.5, 0.6) is 0 Å². The fraction of sp³-hybridized carbons (Fsp3) is 0.308. The molecule has 0 bridgehead atoms. The van der Waals surface area contributed by atoms with Crippen molar-refractivity contribution in [3.8, 4) is 11.1 Å². The van der Waals surface area contributed by atoms with Crippen LogP contribution in [0.25, 0.3) is 11.1 Å². The van der Waals surface area contributed by atoms with E-state index < -0.39 is 23.9 Å². The van der Waals surface area contributed by atoms with Crippen molar-refractivity contribution in [2.45, 2.75) is 31.6 Å². The molecule has 2 aromatic rings. The molecule has 0 spiro atoms. The van der Waals surface area contributed by atoms with E-state index in [1.807, 2.05) is 48.5 Å². The third-order valence-electron chi connectivity index (χ3n) is 5.64. The van der Waals surface area contributed by atoms with E-state index in [1.54, 1.807) is 6.08 Å². The number of imide groups is 1. The fourth-order valence-corrected chi connectivity index (χ4v) is 3.97. The number of carboxylic acids is 1. The summed E-state index contributed by atoms with van der Waals surface area (Å²) < 4.78 is 5.59. The molecule has 34 heavy (non-hydrogen) atoms. The molecule has 0 fully saturated rings. The predicted octanol–water partition coefficient (Wildman–Crippen LogP) is 3.71. The van der Waals surface area contributed by atoms with Crippen molar-refractivity contribution in [2.24, 2.45) is 0 Å². The number of carbonyl (C=O) groups excluding carboxylic acids is 3. The van der Waals surface area contributed by atoms with Crippen LogP contribution in [-0.4, -0.2) is 53.6 Å². The molecule has 3 rings (SSSR count). The Morgan fingerprint density at radius 1 is 0.971 bits per heavy atom. The number of hydrogen-bond acceptors (Lipinski definition) is 5. The molecule has 0 unspecified atom stereocenters. The molecule has 0 saturated heterocycles. The van der Waals surface area contributed by atoms with Crippen LogP contribution in [-0.2, 0) is 19.1 Å². The molecular weight excluding hydrogens is 436 g/mol. The van der Waals surface area contributed by atoms with Crippen molar-refractivity contribution in [1.29, 1.82) is 0 Å². The van der Waals surface area contributed by atoms with E-state index in [4.69, 9.17) is 9.84 Å². The summed E-state index contributed by atoms with van der Waals surface area (Å²) >= 11 is 0. The summed E-state index contributed by atoms with van der Waals surface area (Å²) in [6, 6.07) is 15.9. The van der Waals surface area contributed by atoms with Crippen LogP contribution in [0.2, 0.25) is 0 Å². The van der Waals surface area contributed by atoms with Crippen LogP contribution in [0.1, 0.15) is 42.7 Å².